The number of thiazole rings is 1. The van der Waals surface area contributed by atoms with Gasteiger partial charge >= 0.3 is 0 Å². The predicted molar refractivity (Wildman–Crippen MR) is 249 cm³/mol. The Morgan fingerprint density at radius 3 is 2.06 bits per heavy atom. The molecule has 2 heterocycles. The molecule has 0 aliphatic rings. The van der Waals surface area contributed by atoms with Crippen molar-refractivity contribution in [3.05, 3.63) is 113 Å². The largest absolute Gasteiger partial charge is 0.505 e. The van der Waals surface area contributed by atoms with Crippen LogP contribution in [-0.2, 0) is 40.5 Å². The summed E-state index contributed by atoms with van der Waals surface area (Å²) in [4.78, 5) is 15.4. The molecule has 0 fully saturated rings. The van der Waals surface area contributed by atoms with Crippen molar-refractivity contribution in [3.63, 3.8) is 0 Å². The predicted octanol–water partition coefficient (Wildman–Crippen LogP) is 8.74. The lowest BCUT2D eigenvalue weighted by molar-refractivity contribution is 0.317. The van der Waals surface area contributed by atoms with E-state index in [0.717, 1.165) is 39.3 Å². The van der Waals surface area contributed by atoms with E-state index in [1.165, 1.54) is 53.8 Å². The van der Waals surface area contributed by atoms with E-state index in [9.17, 15) is 61.8 Å². The van der Waals surface area contributed by atoms with Crippen molar-refractivity contribution in [2.24, 2.45) is 30.7 Å². The van der Waals surface area contributed by atoms with Crippen molar-refractivity contribution in [1.82, 2.24) is 14.8 Å². The van der Waals surface area contributed by atoms with Gasteiger partial charge < -0.3 is 9.84 Å². The number of nitrogens with zero attached hydrogens (tertiary/aromatic N) is 8. The summed E-state index contributed by atoms with van der Waals surface area (Å²) in [7, 11) is -19.4. The fourth-order valence-electron chi connectivity index (χ4n) is 6.79. The molecule has 356 valence electrons. The lowest BCUT2D eigenvalue weighted by Crippen LogP contribution is -2.14. The number of para-hydroxylation sites is 1. The number of benzene rings is 6. The van der Waals surface area contributed by atoms with Gasteiger partial charge in [-0.3, -0.25) is 28.1 Å². The Bertz CT molecular complexity index is 4010. The summed E-state index contributed by atoms with van der Waals surface area (Å²) in [6.07, 6.45) is 0.962. The van der Waals surface area contributed by atoms with Gasteiger partial charge in [0.25, 0.3) is 46.0 Å². The minimum absolute atomic E-state index is 0.00918. The Labute approximate surface area is 393 Å². The number of fused-ring (bicyclic) bond motifs is 3. The summed E-state index contributed by atoms with van der Waals surface area (Å²) in [5.74, 6) is -1.11. The van der Waals surface area contributed by atoms with Crippen molar-refractivity contribution in [2.75, 3.05) is 12.4 Å². The highest BCUT2D eigenvalue weighted by Crippen LogP contribution is 2.43. The van der Waals surface area contributed by atoms with Gasteiger partial charge in [0.15, 0.2) is 11.4 Å². The Morgan fingerprint density at radius 2 is 1.35 bits per heavy atom. The number of azo groups is 3. The highest BCUT2D eigenvalue weighted by molar-refractivity contribution is 7.87. The van der Waals surface area contributed by atoms with Crippen molar-refractivity contribution < 1.29 is 61.7 Å². The van der Waals surface area contributed by atoms with E-state index < -0.39 is 83.6 Å². The third-order valence-electron chi connectivity index (χ3n) is 9.94. The van der Waals surface area contributed by atoms with Crippen LogP contribution in [0.15, 0.2) is 147 Å². The SMILES string of the molecule is Cc1cc(N=Nc2ccc3c(S(=O)(=O)O)c(N=Nc4c[nH]n(-c5ccc6c(S(=O)(=O)O)cc(S(=O)(=O)O)cc6c5)c4=O)ccc3c2O)c(OCCCS(=O)(=O)O)cc1N=Nc1nc2ccccc2s1. The number of phenolic OH excluding ortho intramolecular Hbond substituents is 1. The van der Waals surface area contributed by atoms with Crippen molar-refractivity contribution in [3.8, 4) is 17.2 Å². The first-order valence-corrected chi connectivity index (χ1v) is 26.1. The van der Waals surface area contributed by atoms with Crippen LogP contribution in [0.2, 0.25) is 0 Å². The van der Waals surface area contributed by atoms with E-state index in [1.54, 1.807) is 6.92 Å². The molecular weight excluding hydrogens is 1010 g/mol. The van der Waals surface area contributed by atoms with Gasteiger partial charge in [0.1, 0.15) is 32.6 Å². The van der Waals surface area contributed by atoms with Gasteiger partial charge in [-0.05, 0) is 85.0 Å². The van der Waals surface area contributed by atoms with Crippen LogP contribution in [-0.4, -0.2) is 84.1 Å². The van der Waals surface area contributed by atoms with Gasteiger partial charge in [-0.15, -0.1) is 30.7 Å². The molecule has 0 amide bonds. The third kappa shape index (κ3) is 10.6. The van der Waals surface area contributed by atoms with Crippen LogP contribution in [0.3, 0.4) is 0 Å². The molecule has 69 heavy (non-hydrogen) atoms. The fraction of sp³-hybridized carbons (Fsp3) is 0.100. The van der Waals surface area contributed by atoms with Crippen molar-refractivity contribution in [1.29, 1.82) is 0 Å². The molecule has 0 aliphatic heterocycles. The molecule has 6 N–H and O–H groups in total. The third-order valence-corrected chi connectivity index (χ3v) is 14.3. The number of aryl methyl sites for hydroxylation is 1. The Hall–Kier alpha value is -7.22. The second-order valence-electron chi connectivity index (χ2n) is 14.7. The molecule has 8 rings (SSSR count). The van der Waals surface area contributed by atoms with Crippen LogP contribution in [0.5, 0.6) is 11.5 Å². The highest BCUT2D eigenvalue weighted by atomic mass is 32.2. The minimum Gasteiger partial charge on any atom is -0.505 e. The van der Waals surface area contributed by atoms with Crippen LogP contribution in [0, 0.1) is 6.92 Å². The van der Waals surface area contributed by atoms with E-state index in [4.69, 9.17) is 4.74 Å². The second kappa shape index (κ2) is 18.4. The zero-order chi connectivity index (χ0) is 49.6. The zero-order valence-corrected chi connectivity index (χ0v) is 38.9. The molecule has 8 aromatic rings. The molecule has 24 nitrogen and oxygen atoms in total. The normalized spacial score (nSPS) is 13.0. The van der Waals surface area contributed by atoms with E-state index in [-0.39, 0.29) is 57.4 Å². The Morgan fingerprint density at radius 1 is 0.681 bits per heavy atom. The molecule has 0 bridgehead atoms. The minimum atomic E-state index is -5.13. The number of nitrogens with one attached hydrogen (secondary N) is 1. The lowest BCUT2D eigenvalue weighted by atomic mass is 10.1. The number of hydrogen-bond acceptors (Lipinski definition) is 19. The summed E-state index contributed by atoms with van der Waals surface area (Å²) in [5, 5.41) is 38.3. The van der Waals surface area contributed by atoms with E-state index in [0.29, 0.717) is 22.4 Å². The molecule has 0 unspecified atom stereocenters. The molecule has 0 spiro atoms. The molecular formula is C40H31N9O15S5. The maximum atomic E-state index is 13.4. The average Bonchev–Trinajstić information content (AvgIpc) is 3.87. The zero-order valence-electron chi connectivity index (χ0n) is 34.8. The quantitative estimate of drug-likeness (QED) is 0.0317. The number of hydrogen-bond donors (Lipinski definition) is 6. The van der Waals surface area contributed by atoms with E-state index in [2.05, 4.69) is 40.8 Å². The first-order valence-electron chi connectivity index (χ1n) is 19.4. The fourth-order valence-corrected chi connectivity index (χ4v) is 10.2. The van der Waals surface area contributed by atoms with Crippen LogP contribution < -0.4 is 10.3 Å². The molecule has 0 atom stereocenters. The monoisotopic (exact) mass is 1040 g/mol. The highest BCUT2D eigenvalue weighted by Gasteiger charge is 2.24. The lowest BCUT2D eigenvalue weighted by Gasteiger charge is -2.11. The number of phenols is 1. The van der Waals surface area contributed by atoms with Gasteiger partial charge in [0, 0.05) is 22.2 Å². The first-order chi connectivity index (χ1) is 32.4. The second-order valence-corrected chi connectivity index (χ2v) is 21.4. The summed E-state index contributed by atoms with van der Waals surface area (Å²) in [5.41, 5.74) is -0.269. The van der Waals surface area contributed by atoms with Gasteiger partial charge in [-0.1, -0.05) is 35.6 Å². The van der Waals surface area contributed by atoms with E-state index >= 15 is 0 Å². The topological polar surface area (TPSA) is 372 Å². The van der Waals surface area contributed by atoms with Gasteiger partial charge in [-0.25, -0.2) is 9.67 Å². The number of aromatic amines is 1. The number of H-pyrrole nitrogens is 1. The molecule has 0 aliphatic carbocycles. The average molecular weight is 1040 g/mol. The van der Waals surface area contributed by atoms with Crippen LogP contribution in [0.4, 0.5) is 33.6 Å². The Kier molecular flexibility index (Phi) is 12.8. The van der Waals surface area contributed by atoms with Gasteiger partial charge in [0.2, 0.25) is 5.13 Å². The summed E-state index contributed by atoms with van der Waals surface area (Å²) < 4.78 is 142. The van der Waals surface area contributed by atoms with Gasteiger partial charge in [0.05, 0.1) is 45.0 Å². The Balaban J connectivity index is 1.10. The van der Waals surface area contributed by atoms with E-state index in [1.807, 2.05) is 24.3 Å². The molecule has 2 aromatic heterocycles. The standard InChI is InChI=1S/C40H31N9O15S5/c1-21-15-32(34(64-13-4-14-66(52,53)54)19-31(21)45-48-40-42-28-5-2-3-6-35(28)65-40)46-43-29-11-10-27-26(37(29)50)9-12-30(38(27)69(61,62)63)44-47-33-20-41-49(39(33)51)23-7-8-25-22(16-23)17-24(67(55,56)57)18-36(25)68(58,59)60/h2-3,5-12,15-20,41,50H,4,13-14H2,1H3,(H,52,53,54)(H,55,56,57)(H,58,59,60)(H,61,62,63). The maximum Gasteiger partial charge on any atom is 0.298 e. The number of ether oxygens (including phenoxy) is 1. The summed E-state index contributed by atoms with van der Waals surface area (Å²) in [6.45, 7) is 1.51. The molecule has 6 aromatic carbocycles. The van der Waals surface area contributed by atoms with Crippen LogP contribution >= 0.6 is 11.3 Å². The van der Waals surface area contributed by atoms with Crippen LogP contribution in [0.25, 0.3) is 37.4 Å². The summed E-state index contributed by atoms with van der Waals surface area (Å²) in [6, 6.07) is 20.2. The van der Waals surface area contributed by atoms with Crippen molar-refractivity contribution in [2.45, 2.75) is 28.0 Å². The summed E-state index contributed by atoms with van der Waals surface area (Å²) >= 11 is 1.32. The van der Waals surface area contributed by atoms with Gasteiger partial charge in [-0.2, -0.15) is 33.7 Å². The molecule has 0 saturated heterocycles. The number of aromatic hydroxyl groups is 1. The molecule has 0 radical (unpaired) electrons. The maximum absolute atomic E-state index is 13.4. The molecule has 29 heteroatoms. The van der Waals surface area contributed by atoms with Crippen LogP contribution in [0.1, 0.15) is 12.0 Å². The number of rotatable bonds is 15. The first kappa shape index (κ1) is 48.2. The van der Waals surface area contributed by atoms with Crippen molar-refractivity contribution >= 4 is 117 Å². The molecule has 0 saturated carbocycles. The smallest absolute Gasteiger partial charge is 0.298 e. The number of aromatic nitrogens is 3.